The number of primary amides is 1. The first-order chi connectivity index (χ1) is 11.9. The quantitative estimate of drug-likeness (QED) is 0.748. The van der Waals surface area contributed by atoms with E-state index in [1.54, 1.807) is 6.07 Å². The summed E-state index contributed by atoms with van der Waals surface area (Å²) in [6, 6.07) is 5.92. The second kappa shape index (κ2) is 5.73. The molecule has 1 aliphatic rings. The van der Waals surface area contributed by atoms with E-state index >= 15 is 0 Å². The van der Waals surface area contributed by atoms with Crippen molar-refractivity contribution in [1.29, 1.82) is 0 Å². The smallest absolute Gasteiger partial charge is 0.286 e. The summed E-state index contributed by atoms with van der Waals surface area (Å²) in [5.74, 6) is -1.83. The minimum absolute atomic E-state index is 0.0314. The number of hydrogen-bond acceptors (Lipinski definition) is 5. The third-order valence-corrected chi connectivity index (χ3v) is 5.17. The number of benzene rings is 1. The number of thiophene rings is 1. The predicted octanol–water partition coefficient (Wildman–Crippen LogP) is 3.34. The Kier molecular flexibility index (Phi) is 3.64. The molecule has 1 saturated carbocycles. The fourth-order valence-corrected chi connectivity index (χ4v) is 3.78. The second-order valence-electron chi connectivity index (χ2n) is 6.10. The molecule has 4 rings (SSSR count). The SMILES string of the molecule is Cc1cc2c(N[C@@H]3C[C@H]3c3ccc(F)c(F)c3)nc(C(N)=O)nc2s1. The molecule has 0 aliphatic heterocycles. The molecule has 1 fully saturated rings. The first kappa shape index (κ1) is 15.9. The number of halogens is 2. The average Bonchev–Trinajstić information content (AvgIpc) is 3.21. The van der Waals surface area contributed by atoms with Crippen molar-refractivity contribution in [3.8, 4) is 0 Å². The van der Waals surface area contributed by atoms with Crippen molar-refractivity contribution in [3.05, 3.63) is 52.2 Å². The number of nitrogens with two attached hydrogens (primary N) is 1. The Morgan fingerprint density at radius 3 is 2.80 bits per heavy atom. The van der Waals surface area contributed by atoms with E-state index in [1.165, 1.54) is 17.4 Å². The molecule has 128 valence electrons. The van der Waals surface area contributed by atoms with Crippen LogP contribution in [0.25, 0.3) is 10.2 Å². The minimum atomic E-state index is -0.855. The van der Waals surface area contributed by atoms with Crippen molar-refractivity contribution in [3.63, 3.8) is 0 Å². The van der Waals surface area contributed by atoms with Gasteiger partial charge in [-0.2, -0.15) is 0 Å². The number of anilines is 1. The highest BCUT2D eigenvalue weighted by Gasteiger charge is 2.39. The molecule has 0 saturated heterocycles. The lowest BCUT2D eigenvalue weighted by atomic mass is 10.1. The molecule has 25 heavy (non-hydrogen) atoms. The van der Waals surface area contributed by atoms with Crippen LogP contribution in [-0.2, 0) is 0 Å². The lowest BCUT2D eigenvalue weighted by Gasteiger charge is -2.08. The number of rotatable bonds is 4. The maximum absolute atomic E-state index is 13.4. The normalized spacial score (nSPS) is 19.2. The van der Waals surface area contributed by atoms with E-state index < -0.39 is 17.5 Å². The van der Waals surface area contributed by atoms with E-state index in [4.69, 9.17) is 5.73 Å². The van der Waals surface area contributed by atoms with Crippen LogP contribution in [0.4, 0.5) is 14.6 Å². The summed E-state index contributed by atoms with van der Waals surface area (Å²) in [7, 11) is 0. The van der Waals surface area contributed by atoms with E-state index in [-0.39, 0.29) is 17.8 Å². The van der Waals surface area contributed by atoms with Crippen molar-refractivity contribution in [2.45, 2.75) is 25.3 Å². The average molecular weight is 360 g/mol. The van der Waals surface area contributed by atoms with Crippen molar-refractivity contribution >= 4 is 33.3 Å². The number of fused-ring (bicyclic) bond motifs is 1. The molecule has 2 atom stereocenters. The van der Waals surface area contributed by atoms with Gasteiger partial charge in [-0.3, -0.25) is 4.79 Å². The topological polar surface area (TPSA) is 80.9 Å². The Morgan fingerprint density at radius 2 is 2.08 bits per heavy atom. The number of nitrogens with zero attached hydrogens (tertiary/aromatic N) is 2. The van der Waals surface area contributed by atoms with Crippen LogP contribution in [0, 0.1) is 18.6 Å². The number of aromatic nitrogens is 2. The van der Waals surface area contributed by atoms with Crippen LogP contribution in [0.5, 0.6) is 0 Å². The molecule has 3 aromatic rings. The fourth-order valence-electron chi connectivity index (χ4n) is 2.90. The number of aryl methyl sites for hydroxylation is 1. The summed E-state index contributed by atoms with van der Waals surface area (Å²) in [5.41, 5.74) is 6.05. The highest BCUT2D eigenvalue weighted by molar-refractivity contribution is 7.18. The zero-order valence-corrected chi connectivity index (χ0v) is 14.0. The molecule has 1 aliphatic carbocycles. The predicted molar refractivity (Wildman–Crippen MR) is 91.8 cm³/mol. The summed E-state index contributed by atoms with van der Waals surface area (Å²) in [5, 5.41) is 4.10. The van der Waals surface area contributed by atoms with Gasteiger partial charge < -0.3 is 11.1 Å². The van der Waals surface area contributed by atoms with E-state index in [9.17, 15) is 13.6 Å². The molecule has 0 radical (unpaired) electrons. The Bertz CT molecular complexity index is 1000. The van der Waals surface area contributed by atoms with Gasteiger partial charge in [0.1, 0.15) is 10.6 Å². The zero-order valence-electron chi connectivity index (χ0n) is 13.2. The van der Waals surface area contributed by atoms with Gasteiger partial charge in [-0.15, -0.1) is 11.3 Å². The monoisotopic (exact) mass is 360 g/mol. The van der Waals surface area contributed by atoms with Crippen LogP contribution in [0.1, 0.15) is 33.4 Å². The van der Waals surface area contributed by atoms with Crippen LogP contribution in [0.2, 0.25) is 0 Å². The van der Waals surface area contributed by atoms with Crippen molar-refractivity contribution < 1.29 is 13.6 Å². The Hall–Kier alpha value is -2.61. The van der Waals surface area contributed by atoms with Gasteiger partial charge in [-0.1, -0.05) is 6.07 Å². The van der Waals surface area contributed by atoms with E-state index in [1.807, 2.05) is 13.0 Å². The van der Waals surface area contributed by atoms with Gasteiger partial charge in [0, 0.05) is 16.8 Å². The van der Waals surface area contributed by atoms with Crippen molar-refractivity contribution in [2.75, 3.05) is 5.32 Å². The molecule has 0 spiro atoms. The molecule has 1 amide bonds. The first-order valence-corrected chi connectivity index (χ1v) is 8.53. The van der Waals surface area contributed by atoms with Gasteiger partial charge >= 0.3 is 0 Å². The van der Waals surface area contributed by atoms with Gasteiger partial charge in [-0.25, -0.2) is 18.7 Å². The third-order valence-electron chi connectivity index (χ3n) is 4.22. The van der Waals surface area contributed by atoms with Gasteiger partial charge in [0.2, 0.25) is 5.82 Å². The second-order valence-corrected chi connectivity index (χ2v) is 7.34. The van der Waals surface area contributed by atoms with E-state index in [0.717, 1.165) is 28.3 Å². The molecule has 0 unspecified atom stereocenters. The number of hydrogen-bond donors (Lipinski definition) is 2. The summed E-state index contributed by atoms with van der Waals surface area (Å²) in [4.78, 5) is 21.6. The molecular formula is C17H14F2N4OS. The zero-order chi connectivity index (χ0) is 17.7. The first-order valence-electron chi connectivity index (χ1n) is 7.72. The molecule has 5 nitrogen and oxygen atoms in total. The Balaban J connectivity index is 1.63. The lowest BCUT2D eigenvalue weighted by molar-refractivity contribution is 0.0991. The Labute approximate surface area is 145 Å². The third kappa shape index (κ3) is 2.93. The molecule has 2 heterocycles. The molecule has 0 bridgehead atoms. The van der Waals surface area contributed by atoms with Gasteiger partial charge in [0.05, 0.1) is 5.39 Å². The Morgan fingerprint density at radius 1 is 1.28 bits per heavy atom. The maximum atomic E-state index is 13.4. The number of amides is 1. The fraction of sp³-hybridized carbons (Fsp3) is 0.235. The standard InChI is InChI=1S/C17H14F2N4OS/c1-7-4-10-15(22-16(14(20)24)23-17(10)25-7)21-13-6-9(13)8-2-3-11(18)12(19)5-8/h2-5,9,13H,6H2,1H3,(H2,20,24)(H,21,22,23)/t9-,13+/m0/s1. The van der Waals surface area contributed by atoms with E-state index in [0.29, 0.717) is 10.6 Å². The van der Waals surface area contributed by atoms with Crippen LogP contribution >= 0.6 is 11.3 Å². The largest absolute Gasteiger partial charge is 0.366 e. The summed E-state index contributed by atoms with van der Waals surface area (Å²) in [6.45, 7) is 1.95. The number of carbonyl (C=O) groups excluding carboxylic acids is 1. The number of carbonyl (C=O) groups is 1. The van der Waals surface area contributed by atoms with Gasteiger partial charge in [0.25, 0.3) is 5.91 Å². The highest BCUT2D eigenvalue weighted by Crippen LogP contribution is 2.44. The highest BCUT2D eigenvalue weighted by atomic mass is 32.1. The summed E-state index contributed by atoms with van der Waals surface area (Å²) in [6.07, 6.45) is 0.769. The van der Waals surface area contributed by atoms with Crippen LogP contribution in [0.15, 0.2) is 24.3 Å². The molecule has 3 N–H and O–H groups in total. The van der Waals surface area contributed by atoms with Crippen LogP contribution in [0.3, 0.4) is 0 Å². The number of nitrogens with one attached hydrogen (secondary N) is 1. The van der Waals surface area contributed by atoms with Crippen molar-refractivity contribution in [2.24, 2.45) is 5.73 Å². The minimum Gasteiger partial charge on any atom is -0.366 e. The molecule has 2 aromatic heterocycles. The maximum Gasteiger partial charge on any atom is 0.286 e. The van der Waals surface area contributed by atoms with Crippen molar-refractivity contribution in [1.82, 2.24) is 9.97 Å². The van der Waals surface area contributed by atoms with E-state index in [2.05, 4.69) is 15.3 Å². The molecular weight excluding hydrogens is 346 g/mol. The van der Waals surface area contributed by atoms with Gasteiger partial charge in [-0.05, 0) is 37.1 Å². The van der Waals surface area contributed by atoms with Gasteiger partial charge in [0.15, 0.2) is 11.6 Å². The lowest BCUT2D eigenvalue weighted by Crippen LogP contribution is -2.17. The molecule has 1 aromatic carbocycles. The van der Waals surface area contributed by atoms with Crippen LogP contribution in [-0.4, -0.2) is 21.9 Å². The molecule has 8 heteroatoms. The summed E-state index contributed by atoms with van der Waals surface area (Å²) < 4.78 is 26.5. The van der Waals surface area contributed by atoms with Crippen LogP contribution < -0.4 is 11.1 Å². The summed E-state index contributed by atoms with van der Waals surface area (Å²) >= 11 is 1.46.